The molecule has 1 aliphatic carbocycles. The fourth-order valence-corrected chi connectivity index (χ4v) is 4.38. The van der Waals surface area contributed by atoms with E-state index in [0.29, 0.717) is 15.1 Å². The molecule has 0 radical (unpaired) electrons. The van der Waals surface area contributed by atoms with Gasteiger partial charge in [-0.15, -0.1) is 11.3 Å². The van der Waals surface area contributed by atoms with Crippen LogP contribution in [0.25, 0.3) is 0 Å². The van der Waals surface area contributed by atoms with E-state index in [0.717, 1.165) is 12.0 Å². The molecule has 1 saturated carbocycles. The van der Waals surface area contributed by atoms with Crippen LogP contribution < -0.4 is 5.32 Å². The Kier molecular flexibility index (Phi) is 5.27. The highest BCUT2D eigenvalue weighted by molar-refractivity contribution is 7.20. The van der Waals surface area contributed by atoms with Crippen molar-refractivity contribution < 1.29 is 13.2 Å². The van der Waals surface area contributed by atoms with Gasteiger partial charge >= 0.3 is 6.18 Å². The van der Waals surface area contributed by atoms with Gasteiger partial charge in [-0.3, -0.25) is 0 Å². The van der Waals surface area contributed by atoms with Crippen LogP contribution in [0, 0.1) is 5.92 Å². The van der Waals surface area contributed by atoms with E-state index in [1.165, 1.54) is 11.3 Å². The van der Waals surface area contributed by atoms with E-state index in [-0.39, 0.29) is 24.9 Å². The Hall–Kier alpha value is 0.0300. The van der Waals surface area contributed by atoms with Gasteiger partial charge in [-0.25, -0.2) is 0 Å². The van der Waals surface area contributed by atoms with Crippen molar-refractivity contribution in [1.29, 1.82) is 0 Å². The SMILES string of the molecule is CC(NC1CCCC(C(F)(F)F)C1)c1cc(Cl)sc1Cl. The first-order valence-electron chi connectivity index (χ1n) is 6.55. The first-order valence-corrected chi connectivity index (χ1v) is 8.12. The molecule has 0 aliphatic heterocycles. The van der Waals surface area contributed by atoms with Crippen molar-refractivity contribution in [2.45, 2.75) is 50.9 Å². The molecule has 1 nitrogen and oxygen atoms in total. The Labute approximate surface area is 130 Å². The van der Waals surface area contributed by atoms with E-state index in [2.05, 4.69) is 5.32 Å². The molecule has 0 aromatic carbocycles. The third kappa shape index (κ3) is 4.03. The highest BCUT2D eigenvalue weighted by Gasteiger charge is 2.42. The Balaban J connectivity index is 1.97. The van der Waals surface area contributed by atoms with Crippen molar-refractivity contribution in [3.05, 3.63) is 20.3 Å². The average molecular weight is 346 g/mol. The highest BCUT2D eigenvalue weighted by atomic mass is 35.5. The standard InChI is InChI=1S/C13H16Cl2F3NS/c1-7(10-6-11(14)20-12(10)15)19-9-4-2-3-8(5-9)13(16,17)18/h6-9,19H,2-5H2,1H3. The number of hydrogen-bond acceptors (Lipinski definition) is 2. The quantitative estimate of drug-likeness (QED) is 0.726. The molecule has 7 heteroatoms. The Bertz CT molecular complexity index is 461. The summed E-state index contributed by atoms with van der Waals surface area (Å²) in [7, 11) is 0. The van der Waals surface area contributed by atoms with Crippen LogP contribution >= 0.6 is 34.5 Å². The number of rotatable bonds is 3. The van der Waals surface area contributed by atoms with Gasteiger partial charge in [0.2, 0.25) is 0 Å². The summed E-state index contributed by atoms with van der Waals surface area (Å²) >= 11 is 13.2. The molecule has 1 fully saturated rings. The summed E-state index contributed by atoms with van der Waals surface area (Å²) in [4.78, 5) is 0. The minimum atomic E-state index is -4.09. The van der Waals surface area contributed by atoms with Crippen LogP contribution in [-0.4, -0.2) is 12.2 Å². The van der Waals surface area contributed by atoms with Crippen molar-refractivity contribution in [2.75, 3.05) is 0 Å². The lowest BCUT2D eigenvalue weighted by atomic mass is 9.85. The second kappa shape index (κ2) is 6.42. The van der Waals surface area contributed by atoms with E-state index < -0.39 is 12.1 Å². The molecule has 0 saturated heterocycles. The maximum Gasteiger partial charge on any atom is 0.391 e. The van der Waals surface area contributed by atoms with Gasteiger partial charge in [-0.05, 0) is 37.8 Å². The highest BCUT2D eigenvalue weighted by Crippen LogP contribution is 2.39. The fraction of sp³-hybridized carbons (Fsp3) is 0.692. The molecular weight excluding hydrogens is 330 g/mol. The van der Waals surface area contributed by atoms with E-state index in [4.69, 9.17) is 23.2 Å². The summed E-state index contributed by atoms with van der Waals surface area (Å²) in [6, 6.07) is 1.55. The Morgan fingerprint density at radius 1 is 1.35 bits per heavy atom. The monoisotopic (exact) mass is 345 g/mol. The predicted octanol–water partition coefficient (Wildman–Crippen LogP) is 5.83. The summed E-state index contributed by atoms with van der Waals surface area (Å²) in [5, 5.41) is 3.25. The van der Waals surface area contributed by atoms with E-state index in [1.54, 1.807) is 6.07 Å². The minimum absolute atomic E-state index is 0.0942. The minimum Gasteiger partial charge on any atom is -0.307 e. The molecule has 1 heterocycles. The zero-order valence-electron chi connectivity index (χ0n) is 10.9. The van der Waals surface area contributed by atoms with Gasteiger partial charge < -0.3 is 5.32 Å². The Morgan fingerprint density at radius 2 is 2.05 bits per heavy atom. The predicted molar refractivity (Wildman–Crippen MR) is 77.7 cm³/mol. The van der Waals surface area contributed by atoms with Crippen molar-refractivity contribution in [2.24, 2.45) is 5.92 Å². The van der Waals surface area contributed by atoms with Gasteiger partial charge in [0.1, 0.15) is 0 Å². The number of hydrogen-bond donors (Lipinski definition) is 1. The first-order chi connectivity index (χ1) is 9.27. The first kappa shape index (κ1) is 16.4. The van der Waals surface area contributed by atoms with Crippen LogP contribution in [0.3, 0.4) is 0 Å². The molecule has 20 heavy (non-hydrogen) atoms. The molecule has 114 valence electrons. The van der Waals surface area contributed by atoms with Crippen LogP contribution in [0.5, 0.6) is 0 Å². The van der Waals surface area contributed by atoms with E-state index in [9.17, 15) is 13.2 Å². The van der Waals surface area contributed by atoms with Crippen LogP contribution in [0.15, 0.2) is 6.07 Å². The van der Waals surface area contributed by atoms with Crippen LogP contribution in [0.1, 0.15) is 44.2 Å². The lowest BCUT2D eigenvalue weighted by Gasteiger charge is -2.32. The van der Waals surface area contributed by atoms with Crippen molar-refractivity contribution in [1.82, 2.24) is 5.32 Å². The van der Waals surface area contributed by atoms with Crippen LogP contribution in [0.4, 0.5) is 13.2 Å². The Morgan fingerprint density at radius 3 is 2.60 bits per heavy atom. The van der Waals surface area contributed by atoms with Gasteiger partial charge in [-0.1, -0.05) is 29.6 Å². The average Bonchev–Trinajstić information content (AvgIpc) is 2.68. The van der Waals surface area contributed by atoms with E-state index in [1.807, 2.05) is 6.92 Å². The molecule has 1 aliphatic rings. The lowest BCUT2D eigenvalue weighted by Crippen LogP contribution is -2.39. The van der Waals surface area contributed by atoms with Gasteiger partial charge in [0, 0.05) is 12.1 Å². The molecule has 2 rings (SSSR count). The maximum absolute atomic E-state index is 12.8. The van der Waals surface area contributed by atoms with Crippen molar-refractivity contribution in [3.8, 4) is 0 Å². The number of nitrogens with one attached hydrogen (secondary N) is 1. The lowest BCUT2D eigenvalue weighted by molar-refractivity contribution is -0.183. The van der Waals surface area contributed by atoms with Gasteiger partial charge in [0.05, 0.1) is 14.6 Å². The molecule has 1 aromatic heterocycles. The second-order valence-corrected chi connectivity index (χ2v) is 7.56. The molecular formula is C13H16Cl2F3NS. The number of thiophene rings is 1. The smallest absolute Gasteiger partial charge is 0.307 e. The molecule has 1 N–H and O–H groups in total. The molecule has 0 bridgehead atoms. The summed E-state index contributed by atoms with van der Waals surface area (Å²) in [5.74, 6) is -1.19. The number of alkyl halides is 3. The summed E-state index contributed by atoms with van der Waals surface area (Å²) in [5.41, 5.74) is 0.857. The third-order valence-corrected chi connectivity index (χ3v) is 5.29. The summed E-state index contributed by atoms with van der Waals surface area (Å²) < 4.78 is 39.5. The molecule has 1 aromatic rings. The van der Waals surface area contributed by atoms with Gasteiger partial charge in [0.25, 0.3) is 0 Å². The van der Waals surface area contributed by atoms with Crippen LogP contribution in [-0.2, 0) is 0 Å². The van der Waals surface area contributed by atoms with Gasteiger partial charge in [0.15, 0.2) is 0 Å². The largest absolute Gasteiger partial charge is 0.391 e. The number of halogens is 5. The van der Waals surface area contributed by atoms with Gasteiger partial charge in [-0.2, -0.15) is 13.2 Å². The zero-order valence-corrected chi connectivity index (χ0v) is 13.3. The molecule has 3 unspecified atom stereocenters. The maximum atomic E-state index is 12.8. The fourth-order valence-electron chi connectivity index (χ4n) is 2.73. The topological polar surface area (TPSA) is 12.0 Å². The van der Waals surface area contributed by atoms with Crippen molar-refractivity contribution in [3.63, 3.8) is 0 Å². The normalized spacial score (nSPS) is 25.7. The molecule has 3 atom stereocenters. The molecule has 0 amide bonds. The second-order valence-electron chi connectivity index (χ2n) is 5.27. The zero-order chi connectivity index (χ0) is 14.9. The van der Waals surface area contributed by atoms with Crippen LogP contribution in [0.2, 0.25) is 8.67 Å². The third-order valence-electron chi connectivity index (χ3n) is 3.77. The van der Waals surface area contributed by atoms with E-state index >= 15 is 0 Å². The molecule has 0 spiro atoms. The van der Waals surface area contributed by atoms with Crippen molar-refractivity contribution >= 4 is 34.5 Å². The summed E-state index contributed by atoms with van der Waals surface area (Å²) in [6.45, 7) is 1.90. The summed E-state index contributed by atoms with van der Waals surface area (Å²) in [6.07, 6.45) is -2.34.